The van der Waals surface area contributed by atoms with Crippen LogP contribution in [0.3, 0.4) is 0 Å². The maximum atomic E-state index is 12.3. The number of anilines is 2. The van der Waals surface area contributed by atoms with E-state index in [0.717, 1.165) is 47.4 Å². The first-order chi connectivity index (χ1) is 14.8. The summed E-state index contributed by atoms with van der Waals surface area (Å²) in [4.78, 5) is 14.2. The van der Waals surface area contributed by atoms with E-state index in [9.17, 15) is 13.2 Å². The van der Waals surface area contributed by atoms with Crippen molar-refractivity contribution in [1.82, 2.24) is 0 Å². The maximum absolute atomic E-state index is 12.3. The molecule has 2 aliphatic rings. The number of nitrogens with zero attached hydrogens (tertiary/aromatic N) is 2. The zero-order chi connectivity index (χ0) is 22.2. The van der Waals surface area contributed by atoms with Crippen LogP contribution in [0.4, 0.5) is 11.4 Å². The molecule has 0 aliphatic carbocycles. The van der Waals surface area contributed by atoms with E-state index in [-0.39, 0.29) is 17.7 Å². The van der Waals surface area contributed by atoms with Gasteiger partial charge >= 0.3 is 0 Å². The first kappa shape index (κ1) is 21.7. The molecule has 2 aromatic carbocycles. The lowest BCUT2D eigenvalue weighted by molar-refractivity contribution is -0.117. The van der Waals surface area contributed by atoms with Crippen LogP contribution in [0.25, 0.3) is 11.1 Å². The lowest BCUT2D eigenvalue weighted by Crippen LogP contribution is -2.40. The van der Waals surface area contributed by atoms with Crippen molar-refractivity contribution in [3.63, 3.8) is 0 Å². The van der Waals surface area contributed by atoms with Crippen molar-refractivity contribution in [3.05, 3.63) is 42.0 Å². The van der Waals surface area contributed by atoms with Crippen LogP contribution in [0.1, 0.15) is 45.6 Å². The molecule has 2 heterocycles. The van der Waals surface area contributed by atoms with Gasteiger partial charge in [-0.25, -0.2) is 8.42 Å². The summed E-state index contributed by atoms with van der Waals surface area (Å²) in [5.41, 5.74) is 4.65. The Balaban J connectivity index is 1.75. The van der Waals surface area contributed by atoms with Gasteiger partial charge in [-0.1, -0.05) is 19.1 Å². The highest BCUT2D eigenvalue weighted by atomic mass is 32.2. The molecule has 4 rings (SSSR count). The van der Waals surface area contributed by atoms with Gasteiger partial charge in [-0.3, -0.25) is 9.10 Å². The smallest absolute Gasteiger partial charge is 0.235 e. The molecule has 0 saturated carbocycles. The molecule has 1 amide bonds. The first-order valence-corrected chi connectivity index (χ1v) is 12.6. The quantitative estimate of drug-likeness (QED) is 0.690. The molecule has 0 unspecified atom stereocenters. The van der Waals surface area contributed by atoms with Crippen molar-refractivity contribution in [2.45, 2.75) is 52.5 Å². The Hall–Kier alpha value is -2.54. The van der Waals surface area contributed by atoms with Gasteiger partial charge in [0.15, 0.2) is 0 Å². The Morgan fingerprint density at radius 3 is 2.52 bits per heavy atom. The number of ether oxygens (including phenoxy) is 1. The number of rotatable bonds is 5. The lowest BCUT2D eigenvalue weighted by Gasteiger charge is -2.36. The summed E-state index contributed by atoms with van der Waals surface area (Å²) in [7, 11) is -3.20. The van der Waals surface area contributed by atoms with Crippen molar-refractivity contribution >= 4 is 27.3 Å². The van der Waals surface area contributed by atoms with E-state index >= 15 is 0 Å². The zero-order valence-corrected chi connectivity index (χ0v) is 19.2. The van der Waals surface area contributed by atoms with Crippen LogP contribution in [0.2, 0.25) is 0 Å². The van der Waals surface area contributed by atoms with Gasteiger partial charge < -0.3 is 9.64 Å². The molecule has 1 saturated heterocycles. The average Bonchev–Trinajstić information content (AvgIpc) is 3.10. The molecule has 0 aromatic heterocycles. The molecule has 0 radical (unpaired) electrons. The molecule has 0 bridgehead atoms. The minimum Gasteiger partial charge on any atom is -0.493 e. The van der Waals surface area contributed by atoms with Gasteiger partial charge in [-0.2, -0.15) is 0 Å². The molecular weight excluding hydrogens is 412 g/mol. The SMILES string of the molecule is CCCOc1c(-c2ccc(N3CCCS3(=O)=O)cc2)ccc2c1CC[C@H](C)N2C(C)=O. The third-order valence-corrected chi connectivity index (χ3v) is 7.97. The van der Waals surface area contributed by atoms with Crippen molar-refractivity contribution in [1.29, 1.82) is 0 Å². The fraction of sp³-hybridized carbons (Fsp3) is 0.458. The normalized spacial score (nSPS) is 19.9. The molecule has 1 fully saturated rings. The summed E-state index contributed by atoms with van der Waals surface area (Å²) in [6.45, 7) is 6.89. The molecule has 166 valence electrons. The van der Waals surface area contributed by atoms with Crippen LogP contribution in [0.5, 0.6) is 5.75 Å². The van der Waals surface area contributed by atoms with E-state index in [1.54, 1.807) is 6.92 Å². The van der Waals surface area contributed by atoms with Crippen molar-refractivity contribution in [2.75, 3.05) is 28.1 Å². The number of hydrogen-bond donors (Lipinski definition) is 0. The largest absolute Gasteiger partial charge is 0.493 e. The number of carbonyl (C=O) groups is 1. The summed E-state index contributed by atoms with van der Waals surface area (Å²) in [5.74, 6) is 1.08. The van der Waals surface area contributed by atoms with E-state index in [0.29, 0.717) is 25.3 Å². The molecular formula is C24H30N2O4S. The minimum absolute atomic E-state index is 0.0406. The van der Waals surface area contributed by atoms with Gasteiger partial charge in [-0.05, 0) is 62.4 Å². The average molecular weight is 443 g/mol. The predicted molar refractivity (Wildman–Crippen MR) is 124 cm³/mol. The van der Waals surface area contributed by atoms with Crippen LogP contribution >= 0.6 is 0 Å². The third-order valence-electron chi connectivity index (χ3n) is 6.10. The van der Waals surface area contributed by atoms with Gasteiger partial charge in [0.2, 0.25) is 15.9 Å². The third kappa shape index (κ3) is 4.03. The van der Waals surface area contributed by atoms with E-state index in [1.165, 1.54) is 4.31 Å². The highest BCUT2D eigenvalue weighted by Crippen LogP contribution is 2.43. The molecule has 6 nitrogen and oxygen atoms in total. The predicted octanol–water partition coefficient (Wildman–Crippen LogP) is 4.37. The summed E-state index contributed by atoms with van der Waals surface area (Å²) in [6.07, 6.45) is 3.30. The first-order valence-electron chi connectivity index (χ1n) is 11.0. The standard InChI is InChI=1S/C24H30N2O4S/c1-4-15-30-24-21(12-13-23-22(24)11-6-17(2)26(23)18(3)27)19-7-9-20(10-8-19)25-14-5-16-31(25,28)29/h7-10,12-13,17H,4-6,11,14-16H2,1-3H3/t17-/m0/s1. The topological polar surface area (TPSA) is 66.9 Å². The Morgan fingerprint density at radius 1 is 1.16 bits per heavy atom. The summed E-state index contributed by atoms with van der Waals surface area (Å²) < 4.78 is 32.2. The minimum atomic E-state index is -3.20. The maximum Gasteiger partial charge on any atom is 0.235 e. The van der Waals surface area contributed by atoms with Crippen molar-refractivity contribution < 1.29 is 17.9 Å². The zero-order valence-electron chi connectivity index (χ0n) is 18.4. The summed E-state index contributed by atoms with van der Waals surface area (Å²) in [5, 5.41) is 0. The molecule has 1 atom stereocenters. The summed E-state index contributed by atoms with van der Waals surface area (Å²) >= 11 is 0. The Labute approximate surface area is 184 Å². The number of amides is 1. The fourth-order valence-electron chi connectivity index (χ4n) is 4.62. The lowest BCUT2D eigenvalue weighted by atomic mass is 9.91. The molecule has 7 heteroatoms. The van der Waals surface area contributed by atoms with E-state index in [4.69, 9.17) is 4.74 Å². The van der Waals surface area contributed by atoms with E-state index in [1.807, 2.05) is 41.3 Å². The van der Waals surface area contributed by atoms with Crippen LogP contribution < -0.4 is 13.9 Å². The summed E-state index contributed by atoms with van der Waals surface area (Å²) in [6, 6.07) is 11.8. The van der Waals surface area contributed by atoms with Crippen LogP contribution in [-0.2, 0) is 21.2 Å². The number of sulfonamides is 1. The van der Waals surface area contributed by atoms with Crippen LogP contribution in [0.15, 0.2) is 36.4 Å². The van der Waals surface area contributed by atoms with Crippen molar-refractivity contribution in [2.24, 2.45) is 0 Å². The van der Waals surface area contributed by atoms with Gasteiger partial charge in [-0.15, -0.1) is 0 Å². The van der Waals surface area contributed by atoms with Gasteiger partial charge in [0.1, 0.15) is 5.75 Å². The van der Waals surface area contributed by atoms with Crippen LogP contribution in [-0.4, -0.2) is 39.3 Å². The molecule has 0 spiro atoms. The van der Waals surface area contributed by atoms with Crippen molar-refractivity contribution in [3.8, 4) is 16.9 Å². The molecule has 2 aliphatic heterocycles. The number of carbonyl (C=O) groups excluding carboxylic acids is 1. The molecule has 31 heavy (non-hydrogen) atoms. The molecule has 0 N–H and O–H groups in total. The van der Waals surface area contributed by atoms with Gasteiger partial charge in [0.25, 0.3) is 0 Å². The Bertz CT molecular complexity index is 1080. The highest BCUT2D eigenvalue weighted by molar-refractivity contribution is 7.93. The number of fused-ring (bicyclic) bond motifs is 1. The highest BCUT2D eigenvalue weighted by Gasteiger charge is 2.30. The second-order valence-corrected chi connectivity index (χ2v) is 10.4. The fourth-order valence-corrected chi connectivity index (χ4v) is 6.18. The Kier molecular flexibility index (Phi) is 5.97. The van der Waals surface area contributed by atoms with E-state index in [2.05, 4.69) is 13.8 Å². The van der Waals surface area contributed by atoms with E-state index < -0.39 is 10.0 Å². The number of benzene rings is 2. The monoisotopic (exact) mass is 442 g/mol. The Morgan fingerprint density at radius 2 is 1.90 bits per heavy atom. The second-order valence-electron chi connectivity index (χ2n) is 8.35. The van der Waals surface area contributed by atoms with Gasteiger partial charge in [0, 0.05) is 30.6 Å². The molecule has 2 aromatic rings. The van der Waals surface area contributed by atoms with Crippen LogP contribution in [0, 0.1) is 0 Å². The number of hydrogen-bond acceptors (Lipinski definition) is 4. The second kappa shape index (κ2) is 8.54. The van der Waals surface area contributed by atoms with Gasteiger partial charge in [0.05, 0.1) is 23.7 Å².